The molecular weight excluding hydrogens is 288 g/mol. The van der Waals surface area contributed by atoms with Gasteiger partial charge in [-0.1, -0.05) is 6.42 Å². The first-order chi connectivity index (χ1) is 9.82. The first kappa shape index (κ1) is 16.2. The summed E-state index contributed by atoms with van der Waals surface area (Å²) in [6.45, 7) is 4.38. The maximum atomic E-state index is 12.0. The number of sulfonamides is 1. The molecule has 118 valence electrons. The Labute approximate surface area is 127 Å². The number of hydrazine groups is 1. The number of nitrogens with one attached hydrogen (secondary N) is 1. The van der Waals surface area contributed by atoms with Crippen molar-refractivity contribution in [1.82, 2.24) is 14.3 Å². The number of rotatable bonds is 4. The number of pyridine rings is 1. The van der Waals surface area contributed by atoms with Gasteiger partial charge in [0.15, 0.2) is 0 Å². The fraction of sp³-hybridized carbons (Fsp3) is 0.643. The van der Waals surface area contributed by atoms with Crippen LogP contribution in [0.5, 0.6) is 0 Å². The maximum Gasteiger partial charge on any atom is 0.244 e. The molecule has 1 aromatic rings. The molecule has 2 unspecified atom stereocenters. The van der Waals surface area contributed by atoms with Gasteiger partial charge < -0.3 is 5.43 Å². The third-order valence-corrected chi connectivity index (χ3v) is 5.75. The van der Waals surface area contributed by atoms with Crippen molar-refractivity contribution in [2.45, 2.75) is 50.1 Å². The van der Waals surface area contributed by atoms with E-state index in [1.54, 1.807) is 12.1 Å². The minimum Gasteiger partial charge on any atom is -0.303 e. The van der Waals surface area contributed by atoms with E-state index >= 15 is 0 Å². The van der Waals surface area contributed by atoms with Gasteiger partial charge in [0.2, 0.25) is 10.0 Å². The SMILES string of the molecule is CC1CCCC(C)N1Nc1ccc(S(=O)(=O)N(C)C)cn1. The van der Waals surface area contributed by atoms with Crippen molar-refractivity contribution in [1.29, 1.82) is 0 Å². The molecule has 0 spiro atoms. The minimum absolute atomic E-state index is 0.206. The van der Waals surface area contributed by atoms with Gasteiger partial charge in [0.05, 0.1) is 0 Å². The molecule has 1 aromatic heterocycles. The normalized spacial score (nSPS) is 24.2. The number of hydrogen-bond acceptors (Lipinski definition) is 5. The first-order valence-corrected chi connectivity index (χ1v) is 8.70. The Kier molecular flexibility index (Phi) is 4.85. The average molecular weight is 312 g/mol. The molecule has 21 heavy (non-hydrogen) atoms. The second-order valence-electron chi connectivity index (χ2n) is 5.81. The summed E-state index contributed by atoms with van der Waals surface area (Å²) in [5, 5.41) is 2.20. The number of nitrogens with zero attached hydrogens (tertiary/aromatic N) is 3. The van der Waals surface area contributed by atoms with E-state index in [4.69, 9.17) is 0 Å². The smallest absolute Gasteiger partial charge is 0.244 e. The van der Waals surface area contributed by atoms with E-state index in [0.29, 0.717) is 17.9 Å². The second-order valence-corrected chi connectivity index (χ2v) is 7.97. The first-order valence-electron chi connectivity index (χ1n) is 7.26. The van der Waals surface area contributed by atoms with Crippen LogP contribution in [-0.4, -0.2) is 48.9 Å². The number of anilines is 1. The quantitative estimate of drug-likeness (QED) is 0.920. The minimum atomic E-state index is -3.42. The monoisotopic (exact) mass is 312 g/mol. The van der Waals surface area contributed by atoms with Gasteiger partial charge in [-0.05, 0) is 38.8 Å². The lowest BCUT2D eigenvalue weighted by Crippen LogP contribution is -2.47. The van der Waals surface area contributed by atoms with Crippen molar-refractivity contribution in [3.05, 3.63) is 18.3 Å². The van der Waals surface area contributed by atoms with E-state index in [1.165, 1.54) is 31.0 Å². The fourth-order valence-electron chi connectivity index (χ4n) is 2.58. The van der Waals surface area contributed by atoms with Gasteiger partial charge in [0, 0.05) is 32.4 Å². The average Bonchev–Trinajstić information content (AvgIpc) is 2.43. The van der Waals surface area contributed by atoms with Crippen LogP contribution in [-0.2, 0) is 10.0 Å². The zero-order valence-electron chi connectivity index (χ0n) is 13.1. The molecule has 0 aliphatic carbocycles. The number of piperidine rings is 1. The van der Waals surface area contributed by atoms with Crippen molar-refractivity contribution in [3.63, 3.8) is 0 Å². The predicted molar refractivity (Wildman–Crippen MR) is 83.3 cm³/mol. The van der Waals surface area contributed by atoms with E-state index in [-0.39, 0.29) is 4.90 Å². The van der Waals surface area contributed by atoms with Crippen molar-refractivity contribution in [3.8, 4) is 0 Å². The molecule has 0 radical (unpaired) electrons. The van der Waals surface area contributed by atoms with Crippen LogP contribution in [0.4, 0.5) is 5.82 Å². The molecule has 1 fully saturated rings. The van der Waals surface area contributed by atoms with E-state index in [1.807, 2.05) is 0 Å². The standard InChI is InChI=1S/C14H24N4O2S/c1-11-6-5-7-12(2)18(11)16-14-9-8-13(10-15-14)21(19,20)17(3)4/h8-12H,5-7H2,1-4H3,(H,15,16). The summed E-state index contributed by atoms with van der Waals surface area (Å²) in [5.74, 6) is 0.674. The van der Waals surface area contributed by atoms with E-state index < -0.39 is 10.0 Å². The van der Waals surface area contributed by atoms with Gasteiger partial charge in [-0.2, -0.15) is 0 Å². The highest BCUT2D eigenvalue weighted by molar-refractivity contribution is 7.89. The predicted octanol–water partition coefficient (Wildman–Crippen LogP) is 1.92. The van der Waals surface area contributed by atoms with Crippen LogP contribution in [0, 0.1) is 0 Å². The molecule has 1 aliphatic rings. The molecule has 2 heterocycles. The lowest BCUT2D eigenvalue weighted by Gasteiger charge is -2.39. The molecule has 0 aromatic carbocycles. The summed E-state index contributed by atoms with van der Waals surface area (Å²) in [5.41, 5.74) is 3.30. The molecule has 0 amide bonds. The Morgan fingerprint density at radius 3 is 2.33 bits per heavy atom. The van der Waals surface area contributed by atoms with Crippen LogP contribution >= 0.6 is 0 Å². The highest BCUT2D eigenvalue weighted by Crippen LogP contribution is 2.23. The van der Waals surface area contributed by atoms with Gasteiger partial charge in [-0.25, -0.2) is 22.7 Å². The van der Waals surface area contributed by atoms with Crippen molar-refractivity contribution >= 4 is 15.8 Å². The lowest BCUT2D eigenvalue weighted by atomic mass is 10.00. The Morgan fingerprint density at radius 2 is 1.86 bits per heavy atom. The summed E-state index contributed by atoms with van der Waals surface area (Å²) >= 11 is 0. The van der Waals surface area contributed by atoms with Gasteiger partial charge in [-0.3, -0.25) is 0 Å². The van der Waals surface area contributed by atoms with Crippen LogP contribution in [0.1, 0.15) is 33.1 Å². The van der Waals surface area contributed by atoms with Gasteiger partial charge in [0.25, 0.3) is 0 Å². The molecule has 0 saturated carbocycles. The molecule has 2 atom stereocenters. The molecule has 6 nitrogen and oxygen atoms in total. The van der Waals surface area contributed by atoms with E-state index in [0.717, 1.165) is 12.8 Å². The van der Waals surface area contributed by atoms with Crippen LogP contribution in [0.25, 0.3) is 0 Å². The Morgan fingerprint density at radius 1 is 1.24 bits per heavy atom. The Hall–Kier alpha value is -1.18. The summed E-state index contributed by atoms with van der Waals surface area (Å²) in [4.78, 5) is 4.44. The van der Waals surface area contributed by atoms with E-state index in [9.17, 15) is 8.42 Å². The maximum absolute atomic E-state index is 12.0. The Bertz CT molecular complexity index is 561. The molecule has 1 aliphatic heterocycles. The van der Waals surface area contributed by atoms with Crippen molar-refractivity contribution in [2.24, 2.45) is 0 Å². The lowest BCUT2D eigenvalue weighted by molar-refractivity contribution is 0.135. The van der Waals surface area contributed by atoms with Crippen molar-refractivity contribution in [2.75, 3.05) is 19.5 Å². The van der Waals surface area contributed by atoms with E-state index in [2.05, 4.69) is 29.3 Å². The molecular formula is C14H24N4O2S. The van der Waals surface area contributed by atoms with Crippen LogP contribution in [0.2, 0.25) is 0 Å². The highest BCUT2D eigenvalue weighted by Gasteiger charge is 2.25. The molecule has 1 N–H and O–H groups in total. The third kappa shape index (κ3) is 3.53. The summed E-state index contributed by atoms with van der Waals surface area (Å²) in [6.07, 6.45) is 4.96. The molecule has 2 rings (SSSR count). The molecule has 0 bridgehead atoms. The summed E-state index contributed by atoms with van der Waals surface area (Å²) < 4.78 is 25.2. The number of aromatic nitrogens is 1. The van der Waals surface area contributed by atoms with Gasteiger partial charge >= 0.3 is 0 Å². The highest BCUT2D eigenvalue weighted by atomic mass is 32.2. The largest absolute Gasteiger partial charge is 0.303 e. The van der Waals surface area contributed by atoms with Crippen LogP contribution in [0.15, 0.2) is 23.2 Å². The molecule has 1 saturated heterocycles. The van der Waals surface area contributed by atoms with Crippen LogP contribution in [0.3, 0.4) is 0 Å². The third-order valence-electron chi connectivity index (χ3n) is 3.95. The summed E-state index contributed by atoms with van der Waals surface area (Å²) in [6, 6.07) is 4.19. The van der Waals surface area contributed by atoms with Gasteiger partial charge in [-0.15, -0.1) is 0 Å². The zero-order valence-corrected chi connectivity index (χ0v) is 13.9. The topological polar surface area (TPSA) is 65.5 Å². The second kappa shape index (κ2) is 6.29. The van der Waals surface area contributed by atoms with Crippen molar-refractivity contribution < 1.29 is 8.42 Å². The molecule has 7 heteroatoms. The van der Waals surface area contributed by atoms with Gasteiger partial charge in [0.1, 0.15) is 10.7 Å². The number of hydrogen-bond donors (Lipinski definition) is 1. The van der Waals surface area contributed by atoms with Crippen LogP contribution < -0.4 is 5.43 Å². The fourth-order valence-corrected chi connectivity index (χ4v) is 3.43. The zero-order chi connectivity index (χ0) is 15.6. The Balaban J connectivity index is 2.13. The summed E-state index contributed by atoms with van der Waals surface area (Å²) in [7, 11) is -0.394.